The number of amidine groups is 1. The second kappa shape index (κ2) is 20.7. The van der Waals surface area contributed by atoms with E-state index in [0.717, 1.165) is 62.7 Å². The summed E-state index contributed by atoms with van der Waals surface area (Å²) in [5, 5.41) is 0. The number of unbranched alkanes of at least 4 members (excludes halogenated alkanes) is 2. The lowest BCUT2D eigenvalue weighted by molar-refractivity contribution is 0.0500. The van der Waals surface area contributed by atoms with E-state index in [4.69, 9.17) is 30.4 Å². The van der Waals surface area contributed by atoms with Crippen LogP contribution < -0.4 is 21.8 Å². The minimum atomic E-state index is -0.763. The zero-order chi connectivity index (χ0) is 35.6. The van der Waals surface area contributed by atoms with E-state index >= 15 is 0 Å². The summed E-state index contributed by atoms with van der Waals surface area (Å²) in [5.74, 6) is 0.610. The third-order valence-electron chi connectivity index (χ3n) is 8.12. The molecule has 1 atom stereocenters. The van der Waals surface area contributed by atoms with Crippen molar-refractivity contribution in [3.63, 3.8) is 0 Å². The highest BCUT2D eigenvalue weighted by Crippen LogP contribution is 2.24. The summed E-state index contributed by atoms with van der Waals surface area (Å²) < 4.78 is 22.9. The van der Waals surface area contributed by atoms with Gasteiger partial charge in [0.15, 0.2) is 0 Å². The minimum Gasteiger partial charge on any atom is -0.496 e. The zero-order valence-electron chi connectivity index (χ0n) is 29.4. The van der Waals surface area contributed by atoms with E-state index in [1.54, 1.807) is 24.3 Å². The smallest absolute Gasteiger partial charge is 0.496 e. The molecule has 0 saturated carbocycles. The van der Waals surface area contributed by atoms with E-state index in [0.29, 0.717) is 38.4 Å². The Hall–Kier alpha value is -4.59. The molecule has 1 aliphatic heterocycles. The zero-order valence-corrected chi connectivity index (χ0v) is 29.4. The normalized spacial score (nSPS) is 14.5. The number of nitrogens with two attached hydrogens (primary N) is 2. The van der Waals surface area contributed by atoms with Crippen LogP contribution in [0.5, 0.6) is 5.75 Å². The van der Waals surface area contributed by atoms with Gasteiger partial charge in [0.1, 0.15) is 23.8 Å². The number of rotatable bonds is 18. The van der Waals surface area contributed by atoms with Gasteiger partial charge in [0.2, 0.25) is 0 Å². The Labute approximate surface area is 289 Å². The predicted molar refractivity (Wildman–Crippen MR) is 190 cm³/mol. The molecule has 270 valence electrons. The van der Waals surface area contributed by atoms with E-state index in [1.807, 2.05) is 32.0 Å². The third-order valence-corrected chi connectivity index (χ3v) is 8.12. The largest absolute Gasteiger partial charge is 0.508 e. The quantitative estimate of drug-likeness (QED) is 0.0991. The maximum Gasteiger partial charge on any atom is 0.508 e. The molecule has 14 heteroatoms. The van der Waals surface area contributed by atoms with Crippen LogP contribution >= 0.6 is 0 Å². The van der Waals surface area contributed by atoms with Crippen LogP contribution in [0.2, 0.25) is 0 Å². The number of nitrogens with zero attached hydrogens (tertiary/aromatic N) is 5. The van der Waals surface area contributed by atoms with Crippen LogP contribution in [0.15, 0.2) is 45.2 Å². The molecule has 2 aromatic rings. The molecule has 3 rings (SSSR count). The van der Waals surface area contributed by atoms with Crippen molar-refractivity contribution < 1.29 is 28.5 Å². The number of methoxy groups -OCH3 is 1. The molecule has 1 amide bonds. The molecule has 1 aromatic carbocycles. The highest BCUT2D eigenvalue weighted by atomic mass is 16.7. The summed E-state index contributed by atoms with van der Waals surface area (Å²) in [6.45, 7) is 10.3. The molecular weight excluding hydrogens is 630 g/mol. The van der Waals surface area contributed by atoms with Gasteiger partial charge in [-0.25, -0.2) is 14.6 Å². The molecule has 1 unspecified atom stereocenters. The molecule has 1 aliphatic rings. The van der Waals surface area contributed by atoms with Gasteiger partial charge in [0.05, 0.1) is 44.9 Å². The Morgan fingerprint density at radius 2 is 1.67 bits per heavy atom. The van der Waals surface area contributed by atoms with Gasteiger partial charge in [-0.2, -0.15) is 0 Å². The fraction of sp³-hybridized carbons (Fsp3) is 0.571. The summed E-state index contributed by atoms with van der Waals surface area (Å²) in [6.07, 6.45) is 6.53. The fourth-order valence-corrected chi connectivity index (χ4v) is 5.35. The van der Waals surface area contributed by atoms with Gasteiger partial charge in [-0.05, 0) is 37.0 Å². The summed E-state index contributed by atoms with van der Waals surface area (Å²) in [6, 6.07) is 7.10. The van der Waals surface area contributed by atoms with Crippen LogP contribution in [0.25, 0.3) is 0 Å². The van der Waals surface area contributed by atoms with Gasteiger partial charge >= 0.3 is 12.2 Å². The number of ether oxygens (including phenoxy) is 4. The highest BCUT2D eigenvalue weighted by Gasteiger charge is 2.23. The molecule has 0 aliphatic carbocycles. The number of pyridine rings is 1. The molecule has 0 bridgehead atoms. The number of carbonyl (C=O) groups excluding carboxylic acids is 2. The summed E-state index contributed by atoms with van der Waals surface area (Å²) in [7, 11) is 1.60. The van der Waals surface area contributed by atoms with Crippen LogP contribution in [-0.4, -0.2) is 97.9 Å². The van der Waals surface area contributed by atoms with Gasteiger partial charge < -0.3 is 39.9 Å². The first kappa shape index (κ1) is 38.9. The Morgan fingerprint density at radius 3 is 2.33 bits per heavy atom. The number of aromatic nitrogens is 1. The lowest BCUT2D eigenvalue weighted by atomic mass is 10.1. The number of aliphatic imine (C=N–C) groups is 2. The Morgan fingerprint density at radius 1 is 0.959 bits per heavy atom. The molecule has 14 nitrogen and oxygen atoms in total. The van der Waals surface area contributed by atoms with Crippen molar-refractivity contribution >= 4 is 30.1 Å². The molecule has 49 heavy (non-hydrogen) atoms. The van der Waals surface area contributed by atoms with E-state index < -0.39 is 17.8 Å². The predicted octanol–water partition coefficient (Wildman–Crippen LogP) is 4.41. The van der Waals surface area contributed by atoms with E-state index in [2.05, 4.69) is 21.8 Å². The number of hydrogen-bond donors (Lipinski definition) is 2. The molecule has 1 saturated heterocycles. The molecule has 4 N–H and O–H groups in total. The molecule has 1 aromatic heterocycles. The first-order valence-corrected chi connectivity index (χ1v) is 17.1. The van der Waals surface area contributed by atoms with Gasteiger partial charge in [0, 0.05) is 44.5 Å². The van der Waals surface area contributed by atoms with Gasteiger partial charge in [0.25, 0.3) is 5.56 Å². The number of piperazine rings is 1. The lowest BCUT2D eigenvalue weighted by Crippen LogP contribution is -2.48. The Balaban J connectivity index is 1.74. The van der Waals surface area contributed by atoms with Crippen molar-refractivity contribution in [1.29, 1.82) is 0 Å². The Bertz CT molecular complexity index is 1470. The van der Waals surface area contributed by atoms with Crippen molar-refractivity contribution in [1.82, 2.24) is 14.4 Å². The Kier molecular flexibility index (Phi) is 16.4. The number of amides is 1. The monoisotopic (exact) mass is 683 g/mol. The van der Waals surface area contributed by atoms with E-state index in [9.17, 15) is 14.4 Å². The van der Waals surface area contributed by atoms with Crippen molar-refractivity contribution in [2.75, 3.05) is 53.1 Å². The number of carbonyl (C=O) groups is 2. The first-order valence-electron chi connectivity index (χ1n) is 17.1. The number of hydrogen-bond acceptors (Lipinski definition) is 10. The van der Waals surface area contributed by atoms with Gasteiger partial charge in [-0.3, -0.25) is 14.7 Å². The molecule has 1 fully saturated rings. The molecule has 0 spiro atoms. The molecular formula is C35H53N7O7. The summed E-state index contributed by atoms with van der Waals surface area (Å²) in [4.78, 5) is 50.9. The van der Waals surface area contributed by atoms with Crippen molar-refractivity contribution in [2.45, 2.75) is 78.4 Å². The van der Waals surface area contributed by atoms with Crippen molar-refractivity contribution in [3.8, 4) is 5.75 Å². The van der Waals surface area contributed by atoms with Gasteiger partial charge in [-0.1, -0.05) is 52.2 Å². The topological polar surface area (TPSA) is 176 Å². The number of benzene rings is 1. The van der Waals surface area contributed by atoms with Crippen molar-refractivity contribution in [2.24, 2.45) is 21.5 Å². The first-order chi connectivity index (χ1) is 23.7. The molecule has 2 heterocycles. The maximum atomic E-state index is 13.8. The summed E-state index contributed by atoms with van der Waals surface area (Å²) >= 11 is 0. The van der Waals surface area contributed by atoms with Crippen LogP contribution in [0.3, 0.4) is 0 Å². The van der Waals surface area contributed by atoms with E-state index in [-0.39, 0.29) is 42.9 Å². The minimum absolute atomic E-state index is 0.0296. The standard InChI is InChI=1S/C35H53N7O7/c1-5-8-19-47-34(44)41-17-15-40(16-18-41)22-26-11-12-27(30(21-26)46-4)23-42-14-13-29(38-25-36)31(33(42)43)32(37)39-28(10-7-3)24-49-35(45)48-20-9-6-2/h11-14,21,25,28H,5-10,15-20,22-24H2,1-4H3,(H2,36,38)(H2,37,39). The highest BCUT2D eigenvalue weighted by molar-refractivity contribution is 6.02. The van der Waals surface area contributed by atoms with Gasteiger partial charge in [-0.15, -0.1) is 0 Å². The maximum absolute atomic E-state index is 13.8. The van der Waals surface area contributed by atoms with Crippen LogP contribution in [0.4, 0.5) is 15.3 Å². The molecule has 0 radical (unpaired) electrons. The van der Waals surface area contributed by atoms with Crippen LogP contribution in [-0.2, 0) is 27.3 Å². The lowest BCUT2D eigenvalue weighted by Gasteiger charge is -2.34. The van der Waals surface area contributed by atoms with E-state index in [1.165, 1.54) is 4.57 Å². The average Bonchev–Trinajstić information content (AvgIpc) is 3.09. The second-order valence-electron chi connectivity index (χ2n) is 11.9. The SMILES string of the molecule is CCCCOC(=O)OCC(CCC)N=C(N)c1c(N=CN)ccn(Cc2ccc(CN3CCN(C(=O)OCCCC)CC3)cc2OC)c1=O. The average molecular weight is 684 g/mol. The van der Waals surface area contributed by atoms with Crippen LogP contribution in [0.1, 0.15) is 76.0 Å². The third kappa shape index (κ3) is 12.1. The summed E-state index contributed by atoms with van der Waals surface area (Å²) in [5.41, 5.74) is 13.8. The second-order valence-corrected chi connectivity index (χ2v) is 11.9. The fourth-order valence-electron chi connectivity index (χ4n) is 5.35. The van der Waals surface area contributed by atoms with Crippen molar-refractivity contribution in [3.05, 3.63) is 57.5 Å². The van der Waals surface area contributed by atoms with Crippen LogP contribution in [0, 0.1) is 0 Å².